The first-order chi connectivity index (χ1) is 16.8. The Morgan fingerprint density at radius 3 is 2.63 bits per heavy atom. The number of urea groups is 1. The minimum atomic E-state index is -3.73. The summed E-state index contributed by atoms with van der Waals surface area (Å²) in [4.78, 5) is 17.5. The van der Waals surface area contributed by atoms with Crippen molar-refractivity contribution in [1.29, 1.82) is 0 Å². The van der Waals surface area contributed by atoms with Gasteiger partial charge in [-0.1, -0.05) is 11.2 Å². The van der Waals surface area contributed by atoms with Crippen LogP contribution in [0.1, 0.15) is 62.0 Å². The quantitative estimate of drug-likeness (QED) is 0.600. The summed E-state index contributed by atoms with van der Waals surface area (Å²) in [6, 6.07) is 7.62. The van der Waals surface area contributed by atoms with Crippen LogP contribution in [-0.4, -0.2) is 49.7 Å². The molecule has 0 saturated heterocycles. The molecule has 9 nitrogen and oxygen atoms in total. The van der Waals surface area contributed by atoms with E-state index in [0.29, 0.717) is 18.5 Å². The molecule has 5 rings (SSSR count). The average molecular weight is 502 g/mol. The van der Waals surface area contributed by atoms with Crippen molar-refractivity contribution in [2.75, 3.05) is 18.0 Å². The molecule has 2 saturated carbocycles. The summed E-state index contributed by atoms with van der Waals surface area (Å²) in [7, 11) is -3.73. The topological polar surface area (TPSA) is 122 Å². The van der Waals surface area contributed by atoms with Gasteiger partial charge in [0.05, 0.1) is 11.4 Å². The fraction of sp³-hybridized carbons (Fsp3) is 0.600. The largest absolute Gasteiger partial charge is 0.371 e. The van der Waals surface area contributed by atoms with Gasteiger partial charge in [0.15, 0.2) is 0 Å². The molecule has 1 aliphatic heterocycles. The fourth-order valence-electron chi connectivity index (χ4n) is 5.47. The van der Waals surface area contributed by atoms with E-state index in [2.05, 4.69) is 15.4 Å². The summed E-state index contributed by atoms with van der Waals surface area (Å²) in [6.07, 6.45) is 8.06. The zero-order valence-corrected chi connectivity index (χ0v) is 21.1. The van der Waals surface area contributed by atoms with E-state index in [1.807, 2.05) is 24.0 Å². The highest BCUT2D eigenvalue weighted by Gasteiger charge is 2.33. The predicted molar refractivity (Wildman–Crippen MR) is 132 cm³/mol. The van der Waals surface area contributed by atoms with Crippen LogP contribution in [0.4, 0.5) is 10.5 Å². The molecule has 10 heteroatoms. The van der Waals surface area contributed by atoms with Crippen LogP contribution in [-0.2, 0) is 23.0 Å². The van der Waals surface area contributed by atoms with Crippen molar-refractivity contribution < 1.29 is 17.7 Å². The lowest BCUT2D eigenvalue weighted by atomic mass is 9.84. The Balaban J connectivity index is 1.23. The number of hydrogen-bond acceptors (Lipinski definition) is 6. The lowest BCUT2D eigenvalue weighted by Crippen LogP contribution is -2.48. The fourth-order valence-corrected chi connectivity index (χ4v) is 6.00. The zero-order valence-electron chi connectivity index (χ0n) is 20.3. The molecule has 3 aliphatic rings. The number of amides is 2. The molecule has 2 aliphatic carbocycles. The highest BCUT2D eigenvalue weighted by Crippen LogP contribution is 2.34. The Bertz CT molecular complexity index is 1170. The first kappa shape index (κ1) is 24.1. The van der Waals surface area contributed by atoms with Gasteiger partial charge in [-0.05, 0) is 81.9 Å². The molecule has 0 unspecified atom stereocenters. The first-order valence-electron chi connectivity index (χ1n) is 12.7. The number of primary sulfonamides is 1. The third-order valence-corrected chi connectivity index (χ3v) is 8.42. The molecular weight excluding hydrogens is 466 g/mol. The number of nitrogens with two attached hydrogens (primary N) is 1. The molecule has 2 aromatic rings. The Hall–Kier alpha value is -2.59. The van der Waals surface area contributed by atoms with Gasteiger partial charge in [0.1, 0.15) is 11.5 Å². The molecule has 2 heterocycles. The smallest absolute Gasteiger partial charge is 0.318 e. The number of benzene rings is 1. The Morgan fingerprint density at radius 2 is 1.97 bits per heavy atom. The molecule has 1 aromatic carbocycles. The van der Waals surface area contributed by atoms with Crippen LogP contribution < -0.4 is 15.4 Å². The van der Waals surface area contributed by atoms with Crippen LogP contribution in [0.2, 0.25) is 0 Å². The molecule has 2 fully saturated rings. The third kappa shape index (κ3) is 5.81. The Morgan fingerprint density at radius 1 is 1.20 bits per heavy atom. The molecular formula is C25H35N5O4S. The molecule has 35 heavy (non-hydrogen) atoms. The van der Waals surface area contributed by atoms with Gasteiger partial charge in [-0.25, -0.2) is 18.4 Å². The van der Waals surface area contributed by atoms with Gasteiger partial charge in [0, 0.05) is 36.9 Å². The van der Waals surface area contributed by atoms with E-state index in [1.54, 1.807) is 12.1 Å². The lowest BCUT2D eigenvalue weighted by Gasteiger charge is -2.39. The van der Waals surface area contributed by atoms with E-state index in [9.17, 15) is 13.2 Å². The summed E-state index contributed by atoms with van der Waals surface area (Å²) in [5, 5.41) is 12.6. The highest BCUT2D eigenvalue weighted by molar-refractivity contribution is 7.89. The number of rotatable bonds is 7. The van der Waals surface area contributed by atoms with Crippen molar-refractivity contribution >= 4 is 21.7 Å². The van der Waals surface area contributed by atoms with E-state index >= 15 is 0 Å². The van der Waals surface area contributed by atoms with Gasteiger partial charge in [-0.15, -0.1) is 0 Å². The second-order valence-corrected chi connectivity index (χ2v) is 11.9. The van der Waals surface area contributed by atoms with Crippen LogP contribution in [0, 0.1) is 12.8 Å². The van der Waals surface area contributed by atoms with Crippen LogP contribution in [0.25, 0.3) is 0 Å². The van der Waals surface area contributed by atoms with Gasteiger partial charge in [-0.2, -0.15) is 0 Å². The van der Waals surface area contributed by atoms with Gasteiger partial charge < -0.3 is 19.6 Å². The maximum atomic E-state index is 13.0. The Labute approximate surface area is 207 Å². The second-order valence-electron chi connectivity index (χ2n) is 10.3. The second kappa shape index (κ2) is 9.81. The van der Waals surface area contributed by atoms with Crippen molar-refractivity contribution in [3.63, 3.8) is 0 Å². The molecule has 2 amide bonds. The van der Waals surface area contributed by atoms with Gasteiger partial charge in [0.2, 0.25) is 10.0 Å². The van der Waals surface area contributed by atoms with E-state index < -0.39 is 10.0 Å². The summed E-state index contributed by atoms with van der Waals surface area (Å²) < 4.78 is 29.0. The summed E-state index contributed by atoms with van der Waals surface area (Å²) in [5.74, 6) is 1.25. The number of carbonyl (C=O) groups is 1. The zero-order chi connectivity index (χ0) is 24.6. The van der Waals surface area contributed by atoms with Gasteiger partial charge in [0.25, 0.3) is 0 Å². The standard InChI is InChI=1S/C25H35N5O4S/c1-17-13-21(28-34-17)16-30(25(31)27-20-7-8-20)22-9-4-18(5-10-22)15-29-12-2-3-19-6-11-23(14-24(19)29)35(26,32)33/h6,11,13-14,18,20,22H,2-5,7-10,12,15-16H2,1H3,(H,27,31)(H2,26,32,33). The summed E-state index contributed by atoms with van der Waals surface area (Å²) in [6.45, 7) is 4.13. The number of aryl methyl sites for hydroxylation is 2. The van der Waals surface area contributed by atoms with Gasteiger partial charge in [-0.3, -0.25) is 0 Å². The van der Waals surface area contributed by atoms with E-state index in [0.717, 1.165) is 81.6 Å². The molecule has 3 N–H and O–H groups in total. The minimum absolute atomic E-state index is 0.00270. The number of hydrogen-bond donors (Lipinski definition) is 2. The number of nitrogens with one attached hydrogen (secondary N) is 1. The van der Waals surface area contributed by atoms with Crippen LogP contribution >= 0.6 is 0 Å². The van der Waals surface area contributed by atoms with Crippen LogP contribution in [0.3, 0.4) is 0 Å². The molecule has 0 radical (unpaired) electrons. The number of nitrogens with zero attached hydrogens (tertiary/aromatic N) is 3. The first-order valence-corrected chi connectivity index (χ1v) is 14.2. The summed E-state index contributed by atoms with van der Waals surface area (Å²) >= 11 is 0. The molecule has 190 valence electrons. The average Bonchev–Trinajstić information content (AvgIpc) is 3.55. The highest BCUT2D eigenvalue weighted by atomic mass is 32.2. The number of sulfonamides is 1. The molecule has 0 atom stereocenters. The maximum Gasteiger partial charge on any atom is 0.318 e. The number of carbonyl (C=O) groups excluding carboxylic acids is 1. The number of anilines is 1. The van der Waals surface area contributed by atoms with Crippen molar-refractivity contribution in [2.24, 2.45) is 11.1 Å². The molecule has 1 aromatic heterocycles. The van der Waals surface area contributed by atoms with Crippen LogP contribution in [0.15, 0.2) is 33.7 Å². The predicted octanol–water partition coefficient (Wildman–Crippen LogP) is 3.32. The number of aromatic nitrogens is 1. The monoisotopic (exact) mass is 501 g/mol. The molecule has 0 bridgehead atoms. The lowest BCUT2D eigenvalue weighted by molar-refractivity contribution is 0.137. The number of fused-ring (bicyclic) bond motifs is 1. The van der Waals surface area contributed by atoms with Crippen molar-refractivity contribution in [3.05, 3.63) is 41.3 Å². The van der Waals surface area contributed by atoms with Gasteiger partial charge >= 0.3 is 6.03 Å². The van der Waals surface area contributed by atoms with Crippen LogP contribution in [0.5, 0.6) is 0 Å². The van der Waals surface area contributed by atoms with E-state index in [4.69, 9.17) is 9.66 Å². The maximum absolute atomic E-state index is 13.0. The van der Waals surface area contributed by atoms with Crippen molar-refractivity contribution in [1.82, 2.24) is 15.4 Å². The Kier molecular flexibility index (Phi) is 6.76. The van der Waals surface area contributed by atoms with E-state index in [1.165, 1.54) is 5.56 Å². The molecule has 0 spiro atoms. The normalized spacial score (nSPS) is 22.5. The minimum Gasteiger partial charge on any atom is -0.371 e. The summed E-state index contributed by atoms with van der Waals surface area (Å²) in [5.41, 5.74) is 2.96. The van der Waals surface area contributed by atoms with Crippen molar-refractivity contribution in [3.8, 4) is 0 Å². The SMILES string of the molecule is Cc1cc(CN(C(=O)NC2CC2)C2CCC(CN3CCCc4ccc(S(N)(=O)=O)cc43)CC2)no1. The van der Waals surface area contributed by atoms with Crippen molar-refractivity contribution in [2.45, 2.75) is 81.8 Å². The third-order valence-electron chi connectivity index (χ3n) is 7.51. The van der Waals surface area contributed by atoms with E-state index in [-0.39, 0.29) is 17.0 Å².